The van der Waals surface area contributed by atoms with Gasteiger partial charge in [-0.2, -0.15) is 0 Å². The minimum atomic E-state index is -1.30. The smallest absolute Gasteiger partial charge is 0.202 e. The second-order valence-electron chi connectivity index (χ2n) is 21.1. The van der Waals surface area contributed by atoms with Crippen LogP contribution < -0.4 is 19.6 Å². The third-order valence-electron chi connectivity index (χ3n) is 11.1. The average Bonchev–Trinajstić information content (AvgIpc) is 3.36. The van der Waals surface area contributed by atoms with Crippen molar-refractivity contribution in [2.24, 2.45) is 0 Å². The molecule has 75 heavy (non-hydrogen) atoms. The number of nitrogens with zero attached hydrogens (tertiary/aromatic N) is 4. The topological polar surface area (TPSA) is 50.3 Å². The Morgan fingerprint density at radius 1 is 0.467 bits per heavy atom. The Hall–Kier alpha value is -7.22. The summed E-state index contributed by atoms with van der Waals surface area (Å²) < 4.78 is 1.13. The molecule has 0 amide bonds. The van der Waals surface area contributed by atoms with Crippen molar-refractivity contribution in [3.8, 4) is 47.1 Å². The quantitative estimate of drug-likeness (QED) is 0.140. The highest BCUT2D eigenvalue weighted by atomic mass is 79.9. The van der Waals surface area contributed by atoms with Gasteiger partial charge in [-0.05, 0) is 153 Å². The summed E-state index contributed by atoms with van der Waals surface area (Å²) in [7, 11) is 13.9. The number of rotatable bonds is 4. The van der Waals surface area contributed by atoms with Crippen molar-refractivity contribution in [3.63, 3.8) is 0 Å². The Labute approximate surface area is 459 Å². The van der Waals surface area contributed by atoms with Gasteiger partial charge in [0, 0.05) is 107 Å². The molecule has 1 N–H and O–H groups in total. The van der Waals surface area contributed by atoms with Crippen LogP contribution in [0.25, 0.3) is 43.1 Å². The molecular formula is C66H75BrN4O2Si2. The molecule has 0 saturated heterocycles. The number of aliphatic hydroxyl groups excluding tert-OH is 1. The maximum absolute atomic E-state index is 10.8. The number of hydrogen-bond donors (Lipinski definition) is 1. The number of terminal acetylenes is 1. The molecule has 0 spiro atoms. The SMILES string of the molecule is C#C[Si](C)(C)C.CC(=O)C#Cc1ccc2cc(N(C)C)ccc2c1.CC(O)C#Cc1ccc2cc(N(C)C)ccc2c1.CN(C)c1ccc2cc(Br)ccc2c1.CN(C)c1ccc2cc(C#C[Si](C)(C)C)ccc2c1. The van der Waals surface area contributed by atoms with Crippen LogP contribution in [0.5, 0.6) is 0 Å². The zero-order valence-corrected chi connectivity index (χ0v) is 50.6. The molecule has 6 nitrogen and oxygen atoms in total. The van der Waals surface area contributed by atoms with E-state index in [9.17, 15) is 4.79 Å². The number of halogens is 1. The normalized spacial score (nSPS) is 10.7. The highest BCUT2D eigenvalue weighted by molar-refractivity contribution is 9.10. The van der Waals surface area contributed by atoms with Gasteiger partial charge >= 0.3 is 0 Å². The maximum atomic E-state index is 10.8. The number of carbonyl (C=O) groups excluding carboxylic acids is 1. The van der Waals surface area contributed by atoms with Gasteiger partial charge in [0.1, 0.15) is 22.3 Å². The monoisotopic (exact) mass is 1090 g/mol. The van der Waals surface area contributed by atoms with Crippen LogP contribution in [-0.2, 0) is 4.79 Å². The Bertz CT molecular complexity index is 3490. The zero-order chi connectivity index (χ0) is 55.6. The lowest BCUT2D eigenvalue weighted by atomic mass is 10.1. The summed E-state index contributed by atoms with van der Waals surface area (Å²) in [6.07, 6.45) is 4.53. The van der Waals surface area contributed by atoms with Crippen LogP contribution in [0.15, 0.2) is 150 Å². The van der Waals surface area contributed by atoms with E-state index in [1.165, 1.54) is 62.0 Å². The van der Waals surface area contributed by atoms with E-state index in [-0.39, 0.29) is 5.78 Å². The van der Waals surface area contributed by atoms with E-state index in [1.807, 2.05) is 58.5 Å². The number of ketones is 1. The van der Waals surface area contributed by atoms with Gasteiger partial charge in [-0.1, -0.05) is 127 Å². The van der Waals surface area contributed by atoms with Gasteiger partial charge < -0.3 is 24.7 Å². The minimum absolute atomic E-state index is 0.113. The van der Waals surface area contributed by atoms with Crippen molar-refractivity contribution in [2.75, 3.05) is 76.0 Å². The lowest BCUT2D eigenvalue weighted by Crippen LogP contribution is -2.16. The first-order valence-corrected chi connectivity index (χ1v) is 32.7. The van der Waals surface area contributed by atoms with Crippen molar-refractivity contribution in [1.82, 2.24) is 0 Å². The number of hydrogen-bond acceptors (Lipinski definition) is 6. The first-order valence-electron chi connectivity index (χ1n) is 24.9. The summed E-state index contributed by atoms with van der Waals surface area (Å²) in [5.41, 5.74) is 13.9. The number of aliphatic hydroxyl groups is 1. The number of Topliss-reactive ketones (excluding diaryl/α,β-unsaturated/α-hetero) is 1. The summed E-state index contributed by atoms with van der Waals surface area (Å²) >= 11 is 3.47. The molecule has 0 aliphatic heterocycles. The second-order valence-corrected chi connectivity index (χ2v) is 31.6. The predicted molar refractivity (Wildman–Crippen MR) is 339 cm³/mol. The lowest BCUT2D eigenvalue weighted by molar-refractivity contribution is -0.111. The average molecular weight is 1090 g/mol. The Morgan fingerprint density at radius 2 is 0.760 bits per heavy atom. The molecule has 0 saturated carbocycles. The van der Waals surface area contributed by atoms with Crippen molar-refractivity contribution in [3.05, 3.63) is 167 Å². The molecule has 1 atom stereocenters. The summed E-state index contributed by atoms with van der Waals surface area (Å²) in [5, 5.41) is 18.9. The van der Waals surface area contributed by atoms with Crippen LogP contribution >= 0.6 is 15.9 Å². The fraction of sp³-hybridized carbons (Fsp3) is 0.258. The first-order chi connectivity index (χ1) is 35.2. The number of carbonyl (C=O) groups is 1. The van der Waals surface area contributed by atoms with Gasteiger partial charge in [-0.15, -0.1) is 17.5 Å². The Kier molecular flexibility index (Phi) is 22.4. The zero-order valence-electron chi connectivity index (χ0n) is 47.0. The standard InChI is InChI=1S/C17H21NSi.C16H17NO.C16H15NO.C12H12BrN.C5H10Si/c1-18(2)17-9-8-15-12-14(6-7-16(15)13-17)10-11-19(3,4)5;2*1-12(18)4-5-13-6-7-15-11-16(17(2)3)9-8-14(15)10-13;1-14(2)12-6-4-9-7-11(13)5-3-10(9)8-12;1-5-6(2,3)4/h6-9,12-13H,1-5H3;6-12,18H,1-3H3;6-11H,1-3H3;3-8H,1-2H3;1H,2-4H3. The van der Waals surface area contributed by atoms with Gasteiger partial charge in [-0.3, -0.25) is 4.79 Å². The summed E-state index contributed by atoms with van der Waals surface area (Å²) in [4.78, 5) is 19.2. The van der Waals surface area contributed by atoms with Crippen LogP contribution in [0.2, 0.25) is 39.3 Å². The highest BCUT2D eigenvalue weighted by Crippen LogP contribution is 2.26. The van der Waals surface area contributed by atoms with Crippen LogP contribution in [0.4, 0.5) is 22.7 Å². The highest BCUT2D eigenvalue weighted by Gasteiger charge is 2.08. The number of fused-ring (bicyclic) bond motifs is 4. The molecule has 0 aliphatic carbocycles. The largest absolute Gasteiger partial charge is 0.381 e. The molecule has 0 heterocycles. The molecule has 0 fully saturated rings. The van der Waals surface area contributed by atoms with Crippen LogP contribution in [-0.4, -0.2) is 89.5 Å². The molecule has 0 aliphatic rings. The summed E-state index contributed by atoms with van der Waals surface area (Å²) in [6, 6.07) is 50.5. The van der Waals surface area contributed by atoms with E-state index in [1.54, 1.807) is 6.92 Å². The first kappa shape index (κ1) is 60.3. The molecule has 0 aromatic heterocycles. The van der Waals surface area contributed by atoms with Crippen LogP contribution in [0, 0.1) is 47.1 Å². The molecule has 386 valence electrons. The predicted octanol–water partition coefficient (Wildman–Crippen LogP) is 14.8. The molecule has 8 aromatic rings. The van der Waals surface area contributed by atoms with Crippen molar-refractivity contribution >= 4 is 104 Å². The van der Waals surface area contributed by atoms with Gasteiger partial charge in [0.15, 0.2) is 0 Å². The van der Waals surface area contributed by atoms with E-state index in [0.29, 0.717) is 0 Å². The molecule has 1 unspecified atom stereocenters. The third kappa shape index (κ3) is 20.9. The van der Waals surface area contributed by atoms with Crippen LogP contribution in [0.3, 0.4) is 0 Å². The summed E-state index contributed by atoms with van der Waals surface area (Å²) in [6.45, 7) is 16.4. The molecule has 9 heteroatoms. The van der Waals surface area contributed by atoms with E-state index < -0.39 is 22.3 Å². The van der Waals surface area contributed by atoms with Crippen molar-refractivity contribution in [1.29, 1.82) is 0 Å². The van der Waals surface area contributed by atoms with Crippen molar-refractivity contribution < 1.29 is 9.90 Å². The van der Waals surface area contributed by atoms with E-state index >= 15 is 0 Å². The Morgan fingerprint density at radius 3 is 1.07 bits per heavy atom. The maximum Gasteiger partial charge on any atom is 0.202 e. The number of anilines is 4. The molecule has 8 aromatic carbocycles. The van der Waals surface area contributed by atoms with Crippen molar-refractivity contribution in [2.45, 2.75) is 59.2 Å². The molecule has 0 bridgehead atoms. The molecular weight excluding hydrogens is 1020 g/mol. The summed E-state index contributed by atoms with van der Waals surface area (Å²) in [5.74, 6) is 14.3. The van der Waals surface area contributed by atoms with E-state index in [0.717, 1.165) is 31.9 Å². The lowest BCUT2D eigenvalue weighted by Gasteiger charge is -2.13. The third-order valence-corrected chi connectivity index (χ3v) is 13.4. The second kappa shape index (κ2) is 27.9. The van der Waals surface area contributed by atoms with Gasteiger partial charge in [-0.25, -0.2) is 0 Å². The fourth-order valence-corrected chi connectivity index (χ4v) is 7.76. The molecule has 0 radical (unpaired) electrons. The van der Waals surface area contributed by atoms with Gasteiger partial charge in [0.2, 0.25) is 5.78 Å². The molecule has 8 rings (SSSR count). The van der Waals surface area contributed by atoms with E-state index in [4.69, 9.17) is 11.5 Å². The Balaban J connectivity index is 0.000000209. The fourth-order valence-electron chi connectivity index (χ4n) is 6.86. The van der Waals surface area contributed by atoms with Gasteiger partial charge in [0.25, 0.3) is 0 Å². The van der Waals surface area contributed by atoms with Crippen LogP contribution in [0.1, 0.15) is 30.5 Å². The van der Waals surface area contributed by atoms with Gasteiger partial charge in [0.05, 0.1) is 0 Å². The van der Waals surface area contributed by atoms with E-state index in [2.05, 4.69) is 259 Å². The minimum Gasteiger partial charge on any atom is -0.381 e. The number of benzene rings is 8.